The average molecular weight is 367 g/mol. The van der Waals surface area contributed by atoms with E-state index in [-0.39, 0.29) is 11.2 Å². The van der Waals surface area contributed by atoms with E-state index < -0.39 is 9.84 Å². The number of rotatable bonds is 5. The summed E-state index contributed by atoms with van der Waals surface area (Å²) in [6.07, 6.45) is 4.00. The summed E-state index contributed by atoms with van der Waals surface area (Å²) >= 11 is 0. The van der Waals surface area contributed by atoms with E-state index in [1.54, 1.807) is 7.05 Å². The van der Waals surface area contributed by atoms with Crippen LogP contribution in [0.1, 0.15) is 19.3 Å². The monoisotopic (exact) mass is 367 g/mol. The SMILES string of the molecule is CN=C(NCC1(CS(C)(=O)=O)CC1)Nc1ccc2c(c1)OCCCO2. The maximum atomic E-state index is 11.6. The van der Waals surface area contributed by atoms with E-state index in [0.717, 1.165) is 30.7 Å². The van der Waals surface area contributed by atoms with Crippen molar-refractivity contribution in [1.29, 1.82) is 0 Å². The van der Waals surface area contributed by atoms with Crippen LogP contribution in [0.25, 0.3) is 0 Å². The Bertz CT molecular complexity index is 757. The van der Waals surface area contributed by atoms with Gasteiger partial charge in [-0.05, 0) is 25.0 Å². The van der Waals surface area contributed by atoms with Gasteiger partial charge >= 0.3 is 0 Å². The molecule has 1 aliphatic heterocycles. The fourth-order valence-corrected chi connectivity index (χ4v) is 4.44. The quantitative estimate of drug-likeness (QED) is 0.608. The van der Waals surface area contributed by atoms with Crippen molar-refractivity contribution in [3.05, 3.63) is 18.2 Å². The molecular formula is C17H25N3O4S. The van der Waals surface area contributed by atoms with Gasteiger partial charge in [-0.25, -0.2) is 8.42 Å². The Morgan fingerprint density at radius 3 is 2.60 bits per heavy atom. The molecule has 0 bridgehead atoms. The summed E-state index contributed by atoms with van der Waals surface area (Å²) in [5.41, 5.74) is 0.681. The average Bonchev–Trinajstić information content (AvgIpc) is 3.33. The molecule has 0 radical (unpaired) electrons. The number of aliphatic imine (C=N–C) groups is 1. The zero-order chi connectivity index (χ0) is 17.9. The van der Waals surface area contributed by atoms with Gasteiger partial charge in [0.15, 0.2) is 17.5 Å². The standard InChI is InChI=1S/C17H25N3O4S/c1-18-16(19-11-17(6-7-17)12-25(2,21)22)20-13-4-5-14-15(10-13)24-9-3-8-23-14/h4-5,10H,3,6-9,11-12H2,1-2H3,(H2,18,19,20). The molecule has 8 heteroatoms. The minimum atomic E-state index is -2.98. The van der Waals surface area contributed by atoms with Crippen LogP contribution in [-0.4, -0.2) is 53.2 Å². The van der Waals surface area contributed by atoms with E-state index in [4.69, 9.17) is 9.47 Å². The highest BCUT2D eigenvalue weighted by molar-refractivity contribution is 7.90. The summed E-state index contributed by atoms with van der Waals surface area (Å²) in [7, 11) is -1.29. The molecule has 2 N–H and O–H groups in total. The molecule has 0 atom stereocenters. The Balaban J connectivity index is 1.60. The van der Waals surface area contributed by atoms with Crippen molar-refractivity contribution in [3.63, 3.8) is 0 Å². The number of benzene rings is 1. The molecule has 138 valence electrons. The normalized spacial score (nSPS) is 19.0. The van der Waals surface area contributed by atoms with Crippen LogP contribution in [0.4, 0.5) is 5.69 Å². The summed E-state index contributed by atoms with van der Waals surface area (Å²) in [6, 6.07) is 5.67. The van der Waals surface area contributed by atoms with E-state index in [1.165, 1.54) is 6.26 Å². The lowest BCUT2D eigenvalue weighted by Gasteiger charge is -2.18. The zero-order valence-electron chi connectivity index (χ0n) is 14.7. The highest BCUT2D eigenvalue weighted by Gasteiger charge is 2.45. The zero-order valence-corrected chi connectivity index (χ0v) is 15.5. The van der Waals surface area contributed by atoms with Crippen LogP contribution in [0.5, 0.6) is 11.5 Å². The molecule has 0 spiro atoms. The van der Waals surface area contributed by atoms with Crippen molar-refractivity contribution in [1.82, 2.24) is 5.32 Å². The van der Waals surface area contributed by atoms with Crippen LogP contribution in [0.3, 0.4) is 0 Å². The van der Waals surface area contributed by atoms with Crippen LogP contribution in [0, 0.1) is 5.41 Å². The van der Waals surface area contributed by atoms with Crippen molar-refractivity contribution in [2.45, 2.75) is 19.3 Å². The first-order valence-corrected chi connectivity index (χ1v) is 10.5. The molecule has 0 unspecified atom stereocenters. The predicted molar refractivity (Wildman–Crippen MR) is 98.4 cm³/mol. The fourth-order valence-electron chi connectivity index (χ4n) is 2.93. The van der Waals surface area contributed by atoms with E-state index in [2.05, 4.69) is 15.6 Å². The number of hydrogen-bond acceptors (Lipinski definition) is 5. The van der Waals surface area contributed by atoms with E-state index in [1.807, 2.05) is 18.2 Å². The summed E-state index contributed by atoms with van der Waals surface area (Å²) in [5, 5.41) is 6.45. The molecule has 1 aromatic rings. The molecule has 1 aromatic carbocycles. The second kappa shape index (κ2) is 7.11. The van der Waals surface area contributed by atoms with Gasteiger partial charge in [-0.3, -0.25) is 4.99 Å². The fraction of sp³-hybridized carbons (Fsp3) is 0.588. The maximum Gasteiger partial charge on any atom is 0.195 e. The number of ether oxygens (including phenoxy) is 2. The van der Waals surface area contributed by atoms with E-state index in [0.29, 0.717) is 31.5 Å². The number of sulfone groups is 1. The molecule has 0 saturated heterocycles. The van der Waals surface area contributed by atoms with Crippen molar-refractivity contribution in [2.75, 3.05) is 44.1 Å². The molecule has 25 heavy (non-hydrogen) atoms. The molecule has 3 rings (SSSR count). The largest absolute Gasteiger partial charge is 0.490 e. The van der Waals surface area contributed by atoms with Gasteiger partial charge in [0.2, 0.25) is 0 Å². The van der Waals surface area contributed by atoms with Crippen molar-refractivity contribution in [2.24, 2.45) is 10.4 Å². The van der Waals surface area contributed by atoms with Crippen LogP contribution in [-0.2, 0) is 9.84 Å². The van der Waals surface area contributed by atoms with Crippen LogP contribution >= 0.6 is 0 Å². The first-order valence-electron chi connectivity index (χ1n) is 8.44. The Kier molecular flexibility index (Phi) is 5.08. The number of hydrogen-bond donors (Lipinski definition) is 2. The molecule has 1 saturated carbocycles. The smallest absolute Gasteiger partial charge is 0.195 e. The minimum Gasteiger partial charge on any atom is -0.490 e. The lowest BCUT2D eigenvalue weighted by molar-refractivity contribution is 0.297. The molecular weight excluding hydrogens is 342 g/mol. The number of guanidine groups is 1. The van der Waals surface area contributed by atoms with E-state index >= 15 is 0 Å². The molecule has 1 aliphatic carbocycles. The van der Waals surface area contributed by atoms with Crippen molar-refractivity contribution < 1.29 is 17.9 Å². The van der Waals surface area contributed by atoms with Crippen molar-refractivity contribution >= 4 is 21.5 Å². The molecule has 2 aliphatic rings. The molecule has 0 amide bonds. The summed E-state index contributed by atoms with van der Waals surface area (Å²) in [5.74, 6) is 2.28. The Hall–Kier alpha value is -1.96. The van der Waals surface area contributed by atoms with Crippen molar-refractivity contribution in [3.8, 4) is 11.5 Å². The van der Waals surface area contributed by atoms with Gasteiger partial charge in [0.05, 0.1) is 19.0 Å². The Morgan fingerprint density at radius 1 is 1.24 bits per heavy atom. The molecule has 1 heterocycles. The lowest BCUT2D eigenvalue weighted by Crippen LogP contribution is -2.37. The second-order valence-corrected chi connectivity index (χ2v) is 8.97. The third kappa shape index (κ3) is 5.01. The third-order valence-electron chi connectivity index (χ3n) is 4.39. The highest BCUT2D eigenvalue weighted by Crippen LogP contribution is 2.46. The summed E-state index contributed by atoms with van der Waals surface area (Å²) in [6.45, 7) is 1.88. The minimum absolute atomic E-state index is 0.157. The van der Waals surface area contributed by atoms with Crippen LogP contribution in [0.2, 0.25) is 0 Å². The Labute approximate surface area is 148 Å². The summed E-state index contributed by atoms with van der Waals surface area (Å²) in [4.78, 5) is 4.21. The highest BCUT2D eigenvalue weighted by atomic mass is 32.2. The predicted octanol–water partition coefficient (Wildman–Crippen LogP) is 1.66. The third-order valence-corrected chi connectivity index (χ3v) is 5.53. The number of anilines is 1. The van der Waals surface area contributed by atoms with Gasteiger partial charge in [-0.2, -0.15) is 0 Å². The Morgan fingerprint density at radius 2 is 1.96 bits per heavy atom. The maximum absolute atomic E-state index is 11.6. The second-order valence-electron chi connectivity index (χ2n) is 6.83. The number of nitrogens with zero attached hydrogens (tertiary/aromatic N) is 1. The van der Waals surface area contributed by atoms with Gasteiger partial charge in [0, 0.05) is 43.4 Å². The first-order chi connectivity index (χ1) is 11.9. The van der Waals surface area contributed by atoms with Crippen LogP contribution < -0.4 is 20.1 Å². The lowest BCUT2D eigenvalue weighted by atomic mass is 10.1. The topological polar surface area (TPSA) is 89.0 Å². The molecule has 1 fully saturated rings. The molecule has 0 aromatic heterocycles. The van der Waals surface area contributed by atoms with E-state index in [9.17, 15) is 8.42 Å². The summed E-state index contributed by atoms with van der Waals surface area (Å²) < 4.78 is 34.4. The van der Waals surface area contributed by atoms with Gasteiger partial charge in [0.25, 0.3) is 0 Å². The molecule has 7 nitrogen and oxygen atoms in total. The van der Waals surface area contributed by atoms with Gasteiger partial charge in [0.1, 0.15) is 9.84 Å². The number of nitrogens with one attached hydrogen (secondary N) is 2. The van der Waals surface area contributed by atoms with Gasteiger partial charge < -0.3 is 20.1 Å². The van der Waals surface area contributed by atoms with Crippen LogP contribution in [0.15, 0.2) is 23.2 Å². The van der Waals surface area contributed by atoms with Gasteiger partial charge in [-0.1, -0.05) is 0 Å². The first kappa shape index (κ1) is 17.8. The number of fused-ring (bicyclic) bond motifs is 1. The van der Waals surface area contributed by atoms with Gasteiger partial charge in [-0.15, -0.1) is 0 Å².